The van der Waals surface area contributed by atoms with E-state index in [-0.39, 0.29) is 79.9 Å². The van der Waals surface area contributed by atoms with Gasteiger partial charge in [-0.05, 0) is 68.1 Å². The summed E-state index contributed by atoms with van der Waals surface area (Å²) in [6.07, 6.45) is 4.44. The zero-order valence-corrected chi connectivity index (χ0v) is 29.0. The molecule has 0 aliphatic carbocycles. The first-order valence-corrected chi connectivity index (χ1v) is 15.7. The Balaban J connectivity index is 2.18. The van der Waals surface area contributed by atoms with Crippen LogP contribution in [0.15, 0.2) is 50.7 Å². The summed E-state index contributed by atoms with van der Waals surface area (Å²) in [5.41, 5.74) is 4.21. The molecular formula is C39H48O7. The third-order valence-corrected chi connectivity index (χ3v) is 8.38. The average Bonchev–Trinajstić information content (AvgIpc) is 2.92. The van der Waals surface area contributed by atoms with Crippen molar-refractivity contribution in [2.75, 3.05) is 7.11 Å². The first kappa shape index (κ1) is 34.5. The SMILES string of the molecule is COc1c(O)cc2oc3c(Cc4cc(C(C)(C)C)c(O)c(C(C)(C)C)c4)c(O)c(CC=C(C)C)c(O)c3c(=O)c2c1CC=C(C)C. The molecule has 7 nitrogen and oxygen atoms in total. The van der Waals surface area contributed by atoms with E-state index in [2.05, 4.69) is 0 Å². The van der Waals surface area contributed by atoms with Crippen LogP contribution in [0.1, 0.15) is 103 Å². The molecule has 246 valence electrons. The van der Waals surface area contributed by atoms with E-state index in [1.807, 2.05) is 93.5 Å². The first-order chi connectivity index (χ1) is 21.3. The van der Waals surface area contributed by atoms with Gasteiger partial charge < -0.3 is 29.6 Å². The highest BCUT2D eigenvalue weighted by Gasteiger charge is 2.29. The second kappa shape index (κ2) is 12.4. The summed E-state index contributed by atoms with van der Waals surface area (Å²) in [6.45, 7) is 19.9. The molecule has 46 heavy (non-hydrogen) atoms. The Morgan fingerprint density at radius 2 is 1.26 bits per heavy atom. The number of methoxy groups -OCH3 is 1. The minimum Gasteiger partial charge on any atom is -0.507 e. The Morgan fingerprint density at radius 3 is 1.74 bits per heavy atom. The monoisotopic (exact) mass is 628 g/mol. The van der Waals surface area contributed by atoms with Crippen LogP contribution in [0.2, 0.25) is 0 Å². The maximum Gasteiger partial charge on any atom is 0.204 e. The Hall–Kier alpha value is -4.39. The maximum atomic E-state index is 14.5. The van der Waals surface area contributed by atoms with Gasteiger partial charge in [-0.3, -0.25) is 4.79 Å². The minimum atomic E-state index is -0.486. The standard InChI is InChI=1S/C39H48O7/c1-20(2)12-14-23-30-29(19-28(40)36(23)45-11)46-37-25(32(41)24(15-13-21(3)4)33(42)31(37)35(30)44)16-22-17-26(38(5,6)7)34(43)27(18-22)39(8,9)10/h12-13,17-19,40-43H,14-16H2,1-11H3. The van der Waals surface area contributed by atoms with Crippen molar-refractivity contribution in [3.63, 3.8) is 0 Å². The van der Waals surface area contributed by atoms with Crippen molar-refractivity contribution in [2.24, 2.45) is 0 Å². The first-order valence-electron chi connectivity index (χ1n) is 15.7. The third kappa shape index (κ3) is 6.46. The number of aromatic hydroxyl groups is 4. The van der Waals surface area contributed by atoms with Crippen LogP contribution in [0.3, 0.4) is 0 Å². The van der Waals surface area contributed by atoms with Crippen LogP contribution in [0, 0.1) is 0 Å². The molecule has 4 N–H and O–H groups in total. The van der Waals surface area contributed by atoms with Crippen molar-refractivity contribution < 1.29 is 29.6 Å². The molecule has 4 aromatic rings. The van der Waals surface area contributed by atoms with Crippen molar-refractivity contribution >= 4 is 21.9 Å². The molecular weight excluding hydrogens is 580 g/mol. The molecule has 4 rings (SSSR count). The van der Waals surface area contributed by atoms with Gasteiger partial charge in [-0.15, -0.1) is 0 Å². The predicted molar refractivity (Wildman–Crippen MR) is 186 cm³/mol. The Kier molecular flexibility index (Phi) is 9.31. The minimum absolute atomic E-state index is 0.0360. The van der Waals surface area contributed by atoms with Gasteiger partial charge in [0.1, 0.15) is 33.8 Å². The zero-order chi connectivity index (χ0) is 34.5. The fourth-order valence-electron chi connectivity index (χ4n) is 5.91. The molecule has 0 saturated carbocycles. The van der Waals surface area contributed by atoms with E-state index in [0.29, 0.717) is 17.5 Å². The number of allylic oxidation sites excluding steroid dienone is 4. The molecule has 0 unspecified atom stereocenters. The molecule has 0 aliphatic heterocycles. The lowest BCUT2D eigenvalue weighted by atomic mass is 9.77. The van der Waals surface area contributed by atoms with Gasteiger partial charge in [0.05, 0.1) is 12.5 Å². The van der Waals surface area contributed by atoms with Gasteiger partial charge in [0.25, 0.3) is 0 Å². The van der Waals surface area contributed by atoms with E-state index < -0.39 is 5.43 Å². The highest BCUT2D eigenvalue weighted by molar-refractivity contribution is 5.99. The normalized spacial score (nSPS) is 12.1. The van der Waals surface area contributed by atoms with Gasteiger partial charge in [-0.1, -0.05) is 77.0 Å². The van der Waals surface area contributed by atoms with E-state index in [9.17, 15) is 25.2 Å². The van der Waals surface area contributed by atoms with Crippen molar-refractivity contribution in [2.45, 2.75) is 99.3 Å². The molecule has 0 radical (unpaired) electrons. The summed E-state index contributed by atoms with van der Waals surface area (Å²) in [5.74, 6) is -0.309. The molecule has 0 amide bonds. The number of fused-ring (bicyclic) bond motifs is 2. The largest absolute Gasteiger partial charge is 0.507 e. The van der Waals surface area contributed by atoms with E-state index in [0.717, 1.165) is 27.8 Å². The molecule has 0 bridgehead atoms. The lowest BCUT2D eigenvalue weighted by Crippen LogP contribution is -2.18. The summed E-state index contributed by atoms with van der Waals surface area (Å²) in [7, 11) is 1.43. The quantitative estimate of drug-likeness (QED) is 0.119. The average molecular weight is 629 g/mol. The van der Waals surface area contributed by atoms with E-state index in [1.165, 1.54) is 13.2 Å². The van der Waals surface area contributed by atoms with Crippen LogP contribution in [0.25, 0.3) is 21.9 Å². The number of benzene rings is 3. The van der Waals surface area contributed by atoms with Crippen LogP contribution in [-0.2, 0) is 30.1 Å². The maximum absolute atomic E-state index is 14.5. The van der Waals surface area contributed by atoms with Gasteiger partial charge in [-0.2, -0.15) is 0 Å². The fourth-order valence-corrected chi connectivity index (χ4v) is 5.91. The van der Waals surface area contributed by atoms with Gasteiger partial charge >= 0.3 is 0 Å². The second-order valence-corrected chi connectivity index (χ2v) is 14.8. The summed E-state index contributed by atoms with van der Waals surface area (Å²) >= 11 is 0. The van der Waals surface area contributed by atoms with Crippen LogP contribution < -0.4 is 10.2 Å². The molecule has 0 atom stereocenters. The number of ether oxygens (including phenoxy) is 1. The Morgan fingerprint density at radius 1 is 0.739 bits per heavy atom. The summed E-state index contributed by atoms with van der Waals surface area (Å²) in [6, 6.07) is 5.18. The number of hydrogen-bond acceptors (Lipinski definition) is 7. The number of phenolic OH excluding ortho intramolecular Hbond substituents is 4. The Labute approximate surface area is 271 Å². The van der Waals surface area contributed by atoms with E-state index >= 15 is 0 Å². The predicted octanol–water partition coefficient (Wildman–Crippen LogP) is 8.98. The Bertz CT molecular complexity index is 1920. The molecule has 0 fully saturated rings. The lowest BCUT2D eigenvalue weighted by molar-refractivity contribution is 0.370. The van der Waals surface area contributed by atoms with E-state index in [1.54, 1.807) is 0 Å². The third-order valence-electron chi connectivity index (χ3n) is 8.38. The number of phenols is 4. The smallest absolute Gasteiger partial charge is 0.204 e. The van der Waals surface area contributed by atoms with Crippen molar-refractivity contribution in [1.82, 2.24) is 0 Å². The van der Waals surface area contributed by atoms with Crippen molar-refractivity contribution in [1.29, 1.82) is 0 Å². The van der Waals surface area contributed by atoms with E-state index in [4.69, 9.17) is 9.15 Å². The van der Waals surface area contributed by atoms with Gasteiger partial charge in [-0.25, -0.2) is 0 Å². The highest BCUT2D eigenvalue weighted by atomic mass is 16.5. The van der Waals surface area contributed by atoms with Crippen LogP contribution >= 0.6 is 0 Å². The van der Waals surface area contributed by atoms with Crippen LogP contribution in [0.5, 0.6) is 28.7 Å². The summed E-state index contributed by atoms with van der Waals surface area (Å²) in [4.78, 5) is 14.5. The number of rotatable bonds is 7. The van der Waals surface area contributed by atoms with Crippen molar-refractivity contribution in [3.8, 4) is 28.7 Å². The topological polar surface area (TPSA) is 120 Å². The molecule has 1 aromatic heterocycles. The van der Waals surface area contributed by atoms with Gasteiger partial charge in [0.2, 0.25) is 5.43 Å². The van der Waals surface area contributed by atoms with Crippen LogP contribution in [0.4, 0.5) is 0 Å². The van der Waals surface area contributed by atoms with Gasteiger partial charge in [0, 0.05) is 29.2 Å². The molecule has 0 spiro atoms. The lowest BCUT2D eigenvalue weighted by Gasteiger charge is -2.28. The van der Waals surface area contributed by atoms with Crippen LogP contribution in [-0.4, -0.2) is 27.5 Å². The van der Waals surface area contributed by atoms with Gasteiger partial charge in [0.15, 0.2) is 11.5 Å². The second-order valence-electron chi connectivity index (χ2n) is 14.8. The molecule has 1 heterocycles. The molecule has 0 aliphatic rings. The fraction of sp³-hybridized carbons (Fsp3) is 0.410. The number of hydrogen-bond donors (Lipinski definition) is 4. The summed E-state index contributed by atoms with van der Waals surface area (Å²) in [5, 5.41) is 45.8. The molecule has 7 heteroatoms. The zero-order valence-electron chi connectivity index (χ0n) is 29.0. The van der Waals surface area contributed by atoms with Crippen molar-refractivity contribution in [3.05, 3.63) is 85.1 Å². The highest BCUT2D eigenvalue weighted by Crippen LogP contribution is 2.45. The molecule has 3 aromatic carbocycles. The molecule has 0 saturated heterocycles. The summed E-state index contributed by atoms with van der Waals surface area (Å²) < 4.78 is 11.9.